The minimum atomic E-state index is -1.05. The van der Waals surface area contributed by atoms with Gasteiger partial charge in [0.2, 0.25) is 0 Å². The number of halogens is 1. The first-order chi connectivity index (χ1) is 12.8. The molecule has 0 spiro atoms. The number of rotatable bonds is 7. The lowest BCUT2D eigenvalue weighted by Crippen LogP contribution is -2.30. The van der Waals surface area contributed by atoms with Crippen LogP contribution in [0.15, 0.2) is 42.5 Å². The molecule has 0 bridgehead atoms. The molecule has 1 N–H and O–H groups in total. The Bertz CT molecular complexity index is 848. The van der Waals surface area contributed by atoms with Crippen LogP contribution >= 0.6 is 0 Å². The third-order valence-electron chi connectivity index (χ3n) is 3.81. The average Bonchev–Trinajstić information content (AvgIpc) is 2.63. The number of amides is 1. The molecule has 0 unspecified atom stereocenters. The number of Topliss-reactive ketones (excluding diaryl/α,β-unsaturated/α-hetero) is 1. The Hall–Kier alpha value is -3.22. The molecule has 27 heavy (non-hydrogen) atoms. The van der Waals surface area contributed by atoms with Gasteiger partial charge in [0.15, 0.2) is 11.9 Å². The summed E-state index contributed by atoms with van der Waals surface area (Å²) in [6.07, 6.45) is -1.21. The first kappa shape index (κ1) is 20.1. The molecule has 7 heteroatoms. The Kier molecular flexibility index (Phi) is 6.65. The first-order valence-electron chi connectivity index (χ1n) is 8.24. The molecule has 0 fully saturated rings. The summed E-state index contributed by atoms with van der Waals surface area (Å²) in [7, 11) is 1.45. The van der Waals surface area contributed by atoms with Crippen LogP contribution in [0, 0.1) is 5.82 Å². The number of methoxy groups -OCH3 is 1. The maximum absolute atomic E-state index is 12.9. The summed E-state index contributed by atoms with van der Waals surface area (Å²) in [5.74, 6) is -1.30. The Morgan fingerprint density at radius 1 is 1.11 bits per heavy atom. The predicted molar refractivity (Wildman–Crippen MR) is 97.3 cm³/mol. The lowest BCUT2D eigenvalue weighted by Gasteiger charge is -2.15. The van der Waals surface area contributed by atoms with Crippen molar-refractivity contribution in [2.45, 2.75) is 26.4 Å². The number of carbonyl (C=O) groups is 3. The molecule has 0 saturated heterocycles. The monoisotopic (exact) mass is 373 g/mol. The molecule has 2 rings (SSSR count). The highest BCUT2D eigenvalue weighted by molar-refractivity contribution is 5.96. The molecular formula is C20H20FNO5. The van der Waals surface area contributed by atoms with E-state index in [4.69, 9.17) is 9.47 Å². The third-order valence-corrected chi connectivity index (χ3v) is 3.81. The molecule has 0 aliphatic rings. The minimum Gasteiger partial charge on any atom is -0.496 e. The molecule has 142 valence electrons. The van der Waals surface area contributed by atoms with Gasteiger partial charge in [-0.2, -0.15) is 0 Å². The summed E-state index contributed by atoms with van der Waals surface area (Å²) in [5.41, 5.74) is 1.32. The van der Waals surface area contributed by atoms with Gasteiger partial charge in [-0.05, 0) is 56.3 Å². The van der Waals surface area contributed by atoms with Crippen LogP contribution in [-0.2, 0) is 20.7 Å². The Morgan fingerprint density at radius 3 is 2.37 bits per heavy atom. The second-order valence-electron chi connectivity index (χ2n) is 5.89. The molecule has 6 nitrogen and oxygen atoms in total. The number of esters is 1. The van der Waals surface area contributed by atoms with Crippen molar-refractivity contribution in [3.8, 4) is 5.75 Å². The SMILES string of the molecule is COc1ccc(C(C)=O)cc1CC(=O)O[C@@H](C)C(=O)Nc1ccc(F)cc1. The van der Waals surface area contributed by atoms with Gasteiger partial charge in [0.1, 0.15) is 11.6 Å². The fraction of sp³-hybridized carbons (Fsp3) is 0.250. The molecule has 1 amide bonds. The van der Waals surface area contributed by atoms with Crippen molar-refractivity contribution < 1.29 is 28.2 Å². The van der Waals surface area contributed by atoms with E-state index in [2.05, 4.69) is 5.32 Å². The fourth-order valence-electron chi connectivity index (χ4n) is 2.36. The van der Waals surface area contributed by atoms with Crippen LogP contribution in [0.4, 0.5) is 10.1 Å². The molecule has 1 atom stereocenters. The molecule has 0 radical (unpaired) electrons. The summed E-state index contributed by atoms with van der Waals surface area (Å²) in [4.78, 5) is 35.8. The first-order valence-corrected chi connectivity index (χ1v) is 8.24. The number of ketones is 1. The summed E-state index contributed by atoms with van der Waals surface area (Å²) in [6.45, 7) is 2.85. The van der Waals surface area contributed by atoms with E-state index in [0.29, 0.717) is 22.6 Å². The van der Waals surface area contributed by atoms with Gasteiger partial charge in [0.25, 0.3) is 5.91 Å². The van der Waals surface area contributed by atoms with Gasteiger partial charge in [-0.1, -0.05) is 0 Å². The zero-order valence-corrected chi connectivity index (χ0v) is 15.2. The highest BCUT2D eigenvalue weighted by Gasteiger charge is 2.20. The highest BCUT2D eigenvalue weighted by atomic mass is 19.1. The maximum Gasteiger partial charge on any atom is 0.311 e. The quantitative estimate of drug-likeness (QED) is 0.596. The molecule has 2 aromatic carbocycles. The Balaban J connectivity index is 2.00. The standard InChI is InChI=1S/C20H20FNO5/c1-12(23)14-4-9-18(26-3)15(10-14)11-19(24)27-13(2)20(25)22-17-7-5-16(21)6-8-17/h4-10,13H,11H2,1-3H3,(H,22,25)/t13-/m0/s1. The topological polar surface area (TPSA) is 81.7 Å². The van der Waals surface area contributed by atoms with E-state index in [1.54, 1.807) is 18.2 Å². The lowest BCUT2D eigenvalue weighted by atomic mass is 10.0. The number of anilines is 1. The largest absolute Gasteiger partial charge is 0.496 e. The van der Waals surface area contributed by atoms with E-state index in [0.717, 1.165) is 0 Å². The van der Waals surface area contributed by atoms with E-state index in [1.807, 2.05) is 0 Å². The van der Waals surface area contributed by atoms with Crippen LogP contribution in [0.3, 0.4) is 0 Å². The predicted octanol–water partition coefficient (Wildman–Crippen LogP) is 3.15. The number of hydrogen-bond acceptors (Lipinski definition) is 5. The van der Waals surface area contributed by atoms with Crippen LogP contribution < -0.4 is 10.1 Å². The summed E-state index contributed by atoms with van der Waals surface area (Å²) < 4.78 is 23.2. The highest BCUT2D eigenvalue weighted by Crippen LogP contribution is 2.21. The van der Waals surface area contributed by atoms with E-state index >= 15 is 0 Å². The van der Waals surface area contributed by atoms with Gasteiger partial charge >= 0.3 is 5.97 Å². The molecule has 0 heterocycles. The van der Waals surface area contributed by atoms with Gasteiger partial charge < -0.3 is 14.8 Å². The minimum absolute atomic E-state index is 0.140. The molecular weight excluding hydrogens is 353 g/mol. The van der Waals surface area contributed by atoms with Crippen molar-refractivity contribution in [2.24, 2.45) is 0 Å². The van der Waals surface area contributed by atoms with Crippen LogP contribution in [-0.4, -0.2) is 30.9 Å². The van der Waals surface area contributed by atoms with E-state index in [9.17, 15) is 18.8 Å². The number of carbonyl (C=O) groups excluding carboxylic acids is 3. The van der Waals surface area contributed by atoms with Crippen LogP contribution in [0.2, 0.25) is 0 Å². The van der Waals surface area contributed by atoms with Crippen LogP contribution in [0.25, 0.3) is 0 Å². The van der Waals surface area contributed by atoms with Crippen molar-refractivity contribution in [1.82, 2.24) is 0 Å². The Labute approximate surface area is 156 Å². The summed E-state index contributed by atoms with van der Waals surface area (Å²) >= 11 is 0. The summed E-state index contributed by atoms with van der Waals surface area (Å²) in [6, 6.07) is 9.99. The van der Waals surface area contributed by atoms with Gasteiger partial charge in [0.05, 0.1) is 13.5 Å². The molecule has 0 aliphatic carbocycles. The normalized spacial score (nSPS) is 11.4. The van der Waals surface area contributed by atoms with E-state index in [1.165, 1.54) is 45.2 Å². The van der Waals surface area contributed by atoms with Crippen LogP contribution in [0.1, 0.15) is 29.8 Å². The smallest absolute Gasteiger partial charge is 0.311 e. The van der Waals surface area contributed by atoms with Crippen molar-refractivity contribution in [3.05, 3.63) is 59.4 Å². The molecule has 0 saturated carbocycles. The van der Waals surface area contributed by atoms with E-state index in [-0.39, 0.29) is 12.2 Å². The second kappa shape index (κ2) is 8.93. The lowest BCUT2D eigenvalue weighted by molar-refractivity contribution is -0.152. The van der Waals surface area contributed by atoms with E-state index < -0.39 is 23.8 Å². The van der Waals surface area contributed by atoms with Crippen molar-refractivity contribution in [3.63, 3.8) is 0 Å². The van der Waals surface area contributed by atoms with Crippen molar-refractivity contribution in [1.29, 1.82) is 0 Å². The molecule has 0 aromatic heterocycles. The van der Waals surface area contributed by atoms with Crippen molar-refractivity contribution in [2.75, 3.05) is 12.4 Å². The number of benzene rings is 2. The average molecular weight is 373 g/mol. The zero-order chi connectivity index (χ0) is 20.0. The maximum atomic E-state index is 12.9. The van der Waals surface area contributed by atoms with Gasteiger partial charge in [-0.25, -0.2) is 4.39 Å². The molecule has 2 aromatic rings. The van der Waals surface area contributed by atoms with Crippen LogP contribution in [0.5, 0.6) is 5.75 Å². The zero-order valence-electron chi connectivity index (χ0n) is 15.2. The summed E-state index contributed by atoms with van der Waals surface area (Å²) in [5, 5.41) is 2.53. The number of hydrogen-bond donors (Lipinski definition) is 1. The Morgan fingerprint density at radius 2 is 1.78 bits per heavy atom. The van der Waals surface area contributed by atoms with Gasteiger partial charge in [-0.3, -0.25) is 14.4 Å². The number of ether oxygens (including phenoxy) is 2. The molecule has 0 aliphatic heterocycles. The number of nitrogens with one attached hydrogen (secondary N) is 1. The van der Waals surface area contributed by atoms with Gasteiger partial charge in [-0.15, -0.1) is 0 Å². The van der Waals surface area contributed by atoms with Crippen molar-refractivity contribution >= 4 is 23.3 Å². The fourth-order valence-corrected chi connectivity index (χ4v) is 2.36. The third kappa shape index (κ3) is 5.64. The van der Waals surface area contributed by atoms with Gasteiger partial charge in [0, 0.05) is 16.8 Å². The second-order valence-corrected chi connectivity index (χ2v) is 5.89.